The molecule has 0 aromatic heterocycles. The lowest BCUT2D eigenvalue weighted by Gasteiger charge is -2.22. The number of benzene rings is 2. The van der Waals surface area contributed by atoms with E-state index in [9.17, 15) is 13.9 Å². The molecule has 0 bridgehead atoms. The van der Waals surface area contributed by atoms with Crippen molar-refractivity contribution in [1.82, 2.24) is 10.2 Å². The Bertz CT molecular complexity index is 788. The number of methoxy groups -OCH3 is 1. The van der Waals surface area contributed by atoms with Gasteiger partial charge in [0.15, 0.2) is 29.1 Å². The summed E-state index contributed by atoms with van der Waals surface area (Å²) in [5.41, 5.74) is 1.41. The van der Waals surface area contributed by atoms with Crippen LogP contribution >= 0.6 is 24.0 Å². The van der Waals surface area contributed by atoms with Crippen LogP contribution in [0.5, 0.6) is 11.5 Å². The van der Waals surface area contributed by atoms with Crippen molar-refractivity contribution in [3.05, 3.63) is 59.2 Å². The number of rotatable bonds is 6. The van der Waals surface area contributed by atoms with Gasteiger partial charge in [0.25, 0.3) is 0 Å². The molecule has 0 aliphatic carbocycles. The number of phenols is 1. The first-order valence-electron chi connectivity index (χ1n) is 8.23. The van der Waals surface area contributed by atoms with Crippen LogP contribution in [0, 0.1) is 11.6 Å². The first-order valence-corrected chi connectivity index (χ1v) is 8.23. The third-order valence-corrected chi connectivity index (χ3v) is 3.76. The van der Waals surface area contributed by atoms with E-state index in [0.29, 0.717) is 24.6 Å². The number of ether oxygens (including phenoxy) is 1. The number of guanidine groups is 1. The number of nitrogens with one attached hydrogen (secondary N) is 1. The number of halogens is 3. The molecule has 27 heavy (non-hydrogen) atoms. The van der Waals surface area contributed by atoms with E-state index in [1.54, 1.807) is 18.2 Å². The predicted octanol–water partition coefficient (Wildman–Crippen LogP) is 3.89. The zero-order valence-electron chi connectivity index (χ0n) is 15.5. The van der Waals surface area contributed by atoms with Crippen LogP contribution in [0.1, 0.15) is 18.1 Å². The van der Waals surface area contributed by atoms with Crippen molar-refractivity contribution in [2.45, 2.75) is 20.0 Å². The summed E-state index contributed by atoms with van der Waals surface area (Å²) >= 11 is 0. The number of aliphatic imine (C=N–C) groups is 1. The summed E-state index contributed by atoms with van der Waals surface area (Å²) in [6.45, 7) is 3.29. The fraction of sp³-hybridized carbons (Fsp3) is 0.316. The van der Waals surface area contributed by atoms with Crippen molar-refractivity contribution >= 4 is 29.9 Å². The van der Waals surface area contributed by atoms with Crippen LogP contribution in [0.4, 0.5) is 8.78 Å². The maximum absolute atomic E-state index is 13.8. The van der Waals surface area contributed by atoms with E-state index < -0.39 is 11.6 Å². The molecule has 0 spiro atoms. The molecule has 0 fully saturated rings. The molecule has 0 unspecified atom stereocenters. The SMILES string of the molecule is CCNC(=NCc1ccc(O)c(F)c1)N(C)Cc1ccc(OC)c(F)c1.I. The fourth-order valence-corrected chi connectivity index (χ4v) is 2.44. The summed E-state index contributed by atoms with van der Waals surface area (Å²) in [5.74, 6) is -0.670. The number of aromatic hydroxyl groups is 1. The molecule has 0 heterocycles. The van der Waals surface area contributed by atoms with Gasteiger partial charge in [-0.2, -0.15) is 0 Å². The third kappa shape index (κ3) is 6.53. The molecule has 0 saturated carbocycles. The van der Waals surface area contributed by atoms with E-state index >= 15 is 0 Å². The molecular weight excluding hydrogens is 467 g/mol. The topological polar surface area (TPSA) is 57.1 Å². The lowest BCUT2D eigenvalue weighted by atomic mass is 10.2. The summed E-state index contributed by atoms with van der Waals surface area (Å²) in [4.78, 5) is 6.32. The Kier molecular flexibility index (Phi) is 9.27. The highest BCUT2D eigenvalue weighted by molar-refractivity contribution is 14.0. The van der Waals surface area contributed by atoms with Crippen molar-refractivity contribution in [2.24, 2.45) is 4.99 Å². The average molecular weight is 491 g/mol. The standard InChI is InChI=1S/C19H23F2N3O2.HI/c1-4-22-19(23-11-13-5-7-17(25)15(20)9-13)24(2)12-14-6-8-18(26-3)16(21)10-14;/h5-10,25H,4,11-12H2,1-3H3,(H,22,23);1H. The summed E-state index contributed by atoms with van der Waals surface area (Å²) < 4.78 is 32.2. The zero-order valence-corrected chi connectivity index (χ0v) is 17.8. The van der Waals surface area contributed by atoms with Gasteiger partial charge in [-0.15, -0.1) is 24.0 Å². The lowest BCUT2D eigenvalue weighted by Crippen LogP contribution is -2.38. The number of hydrogen-bond donors (Lipinski definition) is 2. The van der Waals surface area contributed by atoms with Gasteiger partial charge in [0.1, 0.15) is 0 Å². The van der Waals surface area contributed by atoms with E-state index in [1.165, 1.54) is 25.3 Å². The van der Waals surface area contributed by atoms with Crippen LogP contribution in [-0.2, 0) is 13.1 Å². The van der Waals surface area contributed by atoms with Gasteiger partial charge in [-0.3, -0.25) is 0 Å². The van der Waals surface area contributed by atoms with Gasteiger partial charge in [-0.05, 0) is 42.3 Å². The smallest absolute Gasteiger partial charge is 0.194 e. The molecule has 0 aliphatic heterocycles. The minimum atomic E-state index is -0.676. The summed E-state index contributed by atoms with van der Waals surface area (Å²) in [7, 11) is 3.26. The molecule has 2 aromatic rings. The Morgan fingerprint density at radius 3 is 2.41 bits per heavy atom. The predicted molar refractivity (Wildman–Crippen MR) is 113 cm³/mol. The molecule has 148 valence electrons. The maximum Gasteiger partial charge on any atom is 0.194 e. The van der Waals surface area contributed by atoms with Gasteiger partial charge in [-0.25, -0.2) is 13.8 Å². The van der Waals surface area contributed by atoms with E-state index in [2.05, 4.69) is 10.3 Å². The molecule has 2 aromatic carbocycles. The van der Waals surface area contributed by atoms with Gasteiger partial charge in [0.05, 0.1) is 13.7 Å². The van der Waals surface area contributed by atoms with Crippen molar-refractivity contribution < 1.29 is 18.6 Å². The van der Waals surface area contributed by atoms with Gasteiger partial charge in [0.2, 0.25) is 0 Å². The Balaban J connectivity index is 0.00000364. The van der Waals surface area contributed by atoms with Gasteiger partial charge in [0, 0.05) is 20.1 Å². The highest BCUT2D eigenvalue weighted by Crippen LogP contribution is 2.19. The van der Waals surface area contributed by atoms with Gasteiger partial charge < -0.3 is 20.1 Å². The molecule has 0 amide bonds. The molecule has 0 atom stereocenters. The minimum Gasteiger partial charge on any atom is -0.505 e. The number of hydrogen-bond acceptors (Lipinski definition) is 3. The van der Waals surface area contributed by atoms with Crippen molar-refractivity contribution in [1.29, 1.82) is 0 Å². The minimum absolute atomic E-state index is 0. The Morgan fingerprint density at radius 1 is 1.15 bits per heavy atom. The normalized spacial score (nSPS) is 10.9. The van der Waals surface area contributed by atoms with Gasteiger partial charge in [-0.1, -0.05) is 12.1 Å². The van der Waals surface area contributed by atoms with Crippen LogP contribution in [0.3, 0.4) is 0 Å². The molecule has 8 heteroatoms. The van der Waals surface area contributed by atoms with Crippen LogP contribution < -0.4 is 10.1 Å². The summed E-state index contributed by atoms with van der Waals surface area (Å²) in [6, 6.07) is 8.97. The van der Waals surface area contributed by atoms with E-state index in [0.717, 1.165) is 5.56 Å². The first kappa shape index (κ1) is 22.9. The number of phenolic OH excluding ortho intramolecular Hbond substituents is 1. The second kappa shape index (κ2) is 10.9. The zero-order chi connectivity index (χ0) is 19.1. The van der Waals surface area contributed by atoms with Crippen LogP contribution in [0.25, 0.3) is 0 Å². The summed E-state index contributed by atoms with van der Waals surface area (Å²) in [5, 5.41) is 12.4. The molecule has 2 rings (SSSR count). The quantitative estimate of drug-likeness (QED) is 0.366. The molecule has 0 saturated heterocycles. The molecule has 0 aliphatic rings. The molecule has 5 nitrogen and oxygen atoms in total. The van der Waals surface area contributed by atoms with Crippen LogP contribution in [-0.4, -0.2) is 36.7 Å². The second-order valence-corrected chi connectivity index (χ2v) is 5.78. The van der Waals surface area contributed by atoms with Gasteiger partial charge >= 0.3 is 0 Å². The highest BCUT2D eigenvalue weighted by Gasteiger charge is 2.10. The van der Waals surface area contributed by atoms with Crippen LogP contribution in [0.15, 0.2) is 41.4 Å². The second-order valence-electron chi connectivity index (χ2n) is 5.78. The Labute approximate surface area is 175 Å². The van der Waals surface area contributed by atoms with E-state index in [-0.39, 0.29) is 42.0 Å². The first-order chi connectivity index (χ1) is 12.4. The lowest BCUT2D eigenvalue weighted by molar-refractivity contribution is 0.385. The Morgan fingerprint density at radius 2 is 1.81 bits per heavy atom. The Hall–Kier alpha value is -2.10. The monoisotopic (exact) mass is 491 g/mol. The third-order valence-electron chi connectivity index (χ3n) is 3.76. The number of nitrogens with zero attached hydrogens (tertiary/aromatic N) is 2. The highest BCUT2D eigenvalue weighted by atomic mass is 127. The van der Waals surface area contributed by atoms with Crippen molar-refractivity contribution in [3.8, 4) is 11.5 Å². The maximum atomic E-state index is 13.8. The van der Waals surface area contributed by atoms with E-state index in [4.69, 9.17) is 4.74 Å². The van der Waals surface area contributed by atoms with Crippen molar-refractivity contribution in [3.63, 3.8) is 0 Å². The van der Waals surface area contributed by atoms with Crippen LogP contribution in [0.2, 0.25) is 0 Å². The molecule has 0 radical (unpaired) electrons. The molecular formula is C19H24F2IN3O2. The van der Waals surface area contributed by atoms with E-state index in [1.807, 2.05) is 18.9 Å². The fourth-order valence-electron chi connectivity index (χ4n) is 2.44. The largest absolute Gasteiger partial charge is 0.505 e. The van der Waals surface area contributed by atoms with Crippen molar-refractivity contribution in [2.75, 3.05) is 20.7 Å². The average Bonchev–Trinajstić information content (AvgIpc) is 2.61. The molecule has 2 N–H and O–H groups in total. The summed E-state index contributed by atoms with van der Waals surface area (Å²) in [6.07, 6.45) is 0.